The molecular formula is C16H29NO3Si. The van der Waals surface area contributed by atoms with Gasteiger partial charge < -0.3 is 13.9 Å². The fourth-order valence-electron chi connectivity index (χ4n) is 1.76. The first-order valence-electron chi connectivity index (χ1n) is 7.69. The van der Waals surface area contributed by atoms with Gasteiger partial charge in [0, 0.05) is 19.6 Å². The van der Waals surface area contributed by atoms with Crippen LogP contribution in [0.15, 0.2) is 0 Å². The predicted molar refractivity (Wildman–Crippen MR) is 87.1 cm³/mol. The molecule has 0 saturated carbocycles. The lowest BCUT2D eigenvalue weighted by Gasteiger charge is -2.35. The molecule has 0 amide bonds. The summed E-state index contributed by atoms with van der Waals surface area (Å²) >= 11 is 0. The molecule has 0 aliphatic rings. The molecule has 5 heteroatoms. The minimum atomic E-state index is -1.99. The van der Waals surface area contributed by atoms with Crippen LogP contribution in [0.2, 0.25) is 19.6 Å². The van der Waals surface area contributed by atoms with Gasteiger partial charge in [-0.15, -0.1) is 0 Å². The lowest BCUT2D eigenvalue weighted by molar-refractivity contribution is -0.191. The lowest BCUT2D eigenvalue weighted by atomic mass is 10.1. The van der Waals surface area contributed by atoms with E-state index in [-0.39, 0.29) is 0 Å². The Bertz CT molecular complexity index is 383. The number of hydrogen-bond acceptors (Lipinski definition) is 4. The van der Waals surface area contributed by atoms with Crippen molar-refractivity contribution in [3.63, 3.8) is 0 Å². The average Bonchev–Trinajstić information content (AvgIpc) is 2.41. The number of hydrogen-bond donors (Lipinski definition) is 0. The maximum Gasteiger partial charge on any atom is 0.258 e. The summed E-state index contributed by atoms with van der Waals surface area (Å²) in [7, 11) is -1.99. The van der Waals surface area contributed by atoms with Gasteiger partial charge in [0.2, 0.25) is 6.29 Å². The van der Waals surface area contributed by atoms with E-state index in [0.29, 0.717) is 13.2 Å². The molecule has 0 saturated heterocycles. The highest BCUT2D eigenvalue weighted by molar-refractivity contribution is 6.69. The van der Waals surface area contributed by atoms with Crippen LogP contribution in [-0.4, -0.2) is 33.4 Å². The first-order valence-corrected chi connectivity index (χ1v) is 11.1. The van der Waals surface area contributed by atoms with E-state index in [9.17, 15) is 5.26 Å². The zero-order chi connectivity index (χ0) is 16.4. The van der Waals surface area contributed by atoms with Crippen molar-refractivity contribution in [1.29, 1.82) is 5.26 Å². The molecule has 0 aromatic carbocycles. The molecule has 120 valence electrons. The quantitative estimate of drug-likeness (QED) is 0.282. The standard InChI is InChI=1S/C16H29NO3Si/c1-7-10-11-12-13-16(14-17,20-21(4,5)6)15(18-8-2)19-9-3/h15H,7-11H2,1-6H3. The average molecular weight is 311 g/mol. The van der Waals surface area contributed by atoms with E-state index in [2.05, 4.69) is 24.8 Å². The van der Waals surface area contributed by atoms with Crippen LogP contribution in [0, 0.1) is 23.2 Å². The third-order valence-corrected chi connectivity index (χ3v) is 3.47. The second-order valence-electron chi connectivity index (χ2n) is 5.71. The van der Waals surface area contributed by atoms with Crippen molar-refractivity contribution < 1.29 is 13.9 Å². The minimum absolute atomic E-state index is 0.444. The number of nitrogens with zero attached hydrogens (tertiary/aromatic N) is 1. The van der Waals surface area contributed by atoms with Crippen LogP contribution in [0.1, 0.15) is 40.0 Å². The van der Waals surface area contributed by atoms with Crippen molar-refractivity contribution in [2.75, 3.05) is 13.2 Å². The maximum absolute atomic E-state index is 9.70. The Labute approximate surface area is 130 Å². The second kappa shape index (κ2) is 9.97. The van der Waals surface area contributed by atoms with E-state index in [1.165, 1.54) is 0 Å². The Morgan fingerprint density at radius 2 is 1.67 bits per heavy atom. The van der Waals surface area contributed by atoms with Crippen LogP contribution in [0.5, 0.6) is 0 Å². The van der Waals surface area contributed by atoms with Gasteiger partial charge in [0.25, 0.3) is 5.60 Å². The zero-order valence-corrected chi connectivity index (χ0v) is 15.3. The minimum Gasteiger partial charge on any atom is -0.387 e. The highest BCUT2D eigenvalue weighted by atomic mass is 28.4. The molecule has 0 heterocycles. The molecule has 0 fully saturated rings. The molecule has 1 unspecified atom stereocenters. The van der Waals surface area contributed by atoms with Gasteiger partial charge in [-0.05, 0) is 45.8 Å². The molecule has 0 rings (SSSR count). The first kappa shape index (κ1) is 20.1. The molecule has 0 radical (unpaired) electrons. The van der Waals surface area contributed by atoms with E-state index in [4.69, 9.17) is 13.9 Å². The molecule has 1 atom stereocenters. The van der Waals surface area contributed by atoms with E-state index in [1.54, 1.807) is 0 Å². The van der Waals surface area contributed by atoms with Crippen molar-refractivity contribution in [2.45, 2.75) is 71.6 Å². The fourth-order valence-corrected chi connectivity index (χ4v) is 2.92. The Morgan fingerprint density at radius 1 is 1.10 bits per heavy atom. The molecule has 0 spiro atoms. The molecule has 0 aromatic rings. The van der Waals surface area contributed by atoms with E-state index in [0.717, 1.165) is 19.3 Å². The fraction of sp³-hybridized carbons (Fsp3) is 0.812. The molecular weight excluding hydrogens is 282 g/mol. The van der Waals surface area contributed by atoms with Crippen LogP contribution in [0.3, 0.4) is 0 Å². The van der Waals surface area contributed by atoms with Crippen molar-refractivity contribution in [3.05, 3.63) is 0 Å². The molecule has 0 aromatic heterocycles. The largest absolute Gasteiger partial charge is 0.387 e. The number of unbranched alkanes of at least 4 members (excludes halogenated alkanes) is 2. The van der Waals surface area contributed by atoms with Crippen LogP contribution < -0.4 is 0 Å². The van der Waals surface area contributed by atoms with E-state index in [1.807, 2.05) is 33.5 Å². The normalized spacial score (nSPS) is 14.2. The summed E-state index contributed by atoms with van der Waals surface area (Å²) in [6.07, 6.45) is 2.05. The topological polar surface area (TPSA) is 51.5 Å². The summed E-state index contributed by atoms with van der Waals surface area (Å²) < 4.78 is 17.3. The predicted octanol–water partition coefficient (Wildman–Crippen LogP) is 3.69. The van der Waals surface area contributed by atoms with Crippen LogP contribution in [-0.2, 0) is 13.9 Å². The van der Waals surface area contributed by atoms with Crippen LogP contribution in [0.25, 0.3) is 0 Å². The summed E-state index contributed by atoms with van der Waals surface area (Å²) in [4.78, 5) is 0. The van der Waals surface area contributed by atoms with Gasteiger partial charge in [0.05, 0.1) is 0 Å². The number of ether oxygens (including phenoxy) is 2. The smallest absolute Gasteiger partial charge is 0.258 e. The Hall–Kier alpha value is -0.853. The number of nitriles is 1. The summed E-state index contributed by atoms with van der Waals surface area (Å²) in [5, 5.41) is 9.70. The lowest BCUT2D eigenvalue weighted by Crippen LogP contribution is -2.51. The SMILES string of the molecule is CCCCC#CC(C#N)(O[Si](C)(C)C)C(OCC)OCC. The monoisotopic (exact) mass is 311 g/mol. The van der Waals surface area contributed by atoms with Gasteiger partial charge >= 0.3 is 0 Å². The maximum atomic E-state index is 9.70. The highest BCUT2D eigenvalue weighted by Crippen LogP contribution is 2.24. The van der Waals surface area contributed by atoms with Gasteiger partial charge in [-0.25, -0.2) is 0 Å². The summed E-state index contributed by atoms with van der Waals surface area (Å²) in [5.41, 5.74) is -1.34. The molecule has 4 nitrogen and oxygen atoms in total. The van der Waals surface area contributed by atoms with Crippen LogP contribution in [0.4, 0.5) is 0 Å². The summed E-state index contributed by atoms with van der Waals surface area (Å²) in [5.74, 6) is 6.06. The molecule has 0 bridgehead atoms. The van der Waals surface area contributed by atoms with Gasteiger partial charge in [0.15, 0.2) is 8.32 Å². The van der Waals surface area contributed by atoms with Crippen molar-refractivity contribution in [3.8, 4) is 17.9 Å². The van der Waals surface area contributed by atoms with Crippen LogP contribution >= 0.6 is 0 Å². The molecule has 0 N–H and O–H groups in total. The van der Waals surface area contributed by atoms with Gasteiger partial charge in [-0.1, -0.05) is 19.3 Å². The van der Waals surface area contributed by atoms with E-state index >= 15 is 0 Å². The highest BCUT2D eigenvalue weighted by Gasteiger charge is 2.44. The first-order chi connectivity index (χ1) is 9.85. The van der Waals surface area contributed by atoms with Crippen molar-refractivity contribution in [2.24, 2.45) is 0 Å². The van der Waals surface area contributed by atoms with Gasteiger partial charge in [-0.2, -0.15) is 5.26 Å². The number of rotatable bonds is 9. The van der Waals surface area contributed by atoms with Gasteiger partial charge in [0.1, 0.15) is 6.07 Å². The third-order valence-electron chi connectivity index (χ3n) is 2.53. The Kier molecular flexibility index (Phi) is 9.57. The second-order valence-corrected chi connectivity index (χ2v) is 10.1. The molecule has 0 aliphatic carbocycles. The van der Waals surface area contributed by atoms with Gasteiger partial charge in [-0.3, -0.25) is 0 Å². The third kappa shape index (κ3) is 7.64. The van der Waals surface area contributed by atoms with E-state index < -0.39 is 20.2 Å². The Balaban J connectivity index is 5.44. The molecule has 21 heavy (non-hydrogen) atoms. The van der Waals surface area contributed by atoms with Crippen molar-refractivity contribution >= 4 is 8.32 Å². The van der Waals surface area contributed by atoms with Crippen molar-refractivity contribution in [1.82, 2.24) is 0 Å². The summed E-state index contributed by atoms with van der Waals surface area (Å²) in [6.45, 7) is 12.8. The summed E-state index contributed by atoms with van der Waals surface area (Å²) in [6, 6.07) is 2.21. The Morgan fingerprint density at radius 3 is 2.05 bits per heavy atom. The molecule has 0 aliphatic heterocycles. The zero-order valence-electron chi connectivity index (χ0n) is 14.3.